The number of aliphatic hydroxyl groups is 3. The number of carbonyl (C=O) groups is 4. The van der Waals surface area contributed by atoms with Crippen LogP contribution >= 0.6 is 0 Å². The molecule has 5 rings (SSSR count). The molecule has 13 heteroatoms. The molecule has 1 aliphatic heterocycles. The SMILES string of the molecule is CCN[C@@H]1C(=O)C(C(N)=O)=C(O)[C@@]2(O)C(=O)C3=C(O)c4c(O)cc(NC(=O)CN5CCCC5)c(F)c4C[C@H]3C[C@@H]12. The minimum absolute atomic E-state index is 0.0497. The van der Waals surface area contributed by atoms with Crippen LogP contribution in [0, 0.1) is 17.7 Å². The summed E-state index contributed by atoms with van der Waals surface area (Å²) in [5.41, 5.74) is 0.381. The molecular formula is C27H31FN4O8. The van der Waals surface area contributed by atoms with E-state index in [-0.39, 0.29) is 48.3 Å². The number of ketones is 2. The zero-order valence-electron chi connectivity index (χ0n) is 21.8. The van der Waals surface area contributed by atoms with E-state index >= 15 is 4.39 Å². The summed E-state index contributed by atoms with van der Waals surface area (Å²) < 4.78 is 15.7. The van der Waals surface area contributed by atoms with Crippen molar-refractivity contribution in [2.45, 2.75) is 44.2 Å². The maximum absolute atomic E-state index is 15.7. The summed E-state index contributed by atoms with van der Waals surface area (Å²) in [6.45, 7) is 3.41. The molecule has 40 heavy (non-hydrogen) atoms. The highest BCUT2D eigenvalue weighted by molar-refractivity contribution is 6.24. The number of carbonyl (C=O) groups excluding carboxylic acids is 4. The van der Waals surface area contributed by atoms with Gasteiger partial charge in [-0.3, -0.25) is 24.1 Å². The summed E-state index contributed by atoms with van der Waals surface area (Å²) in [5, 5.41) is 49.6. The maximum Gasteiger partial charge on any atom is 0.255 e. The van der Waals surface area contributed by atoms with Crippen LogP contribution in [0.4, 0.5) is 10.1 Å². The first-order valence-electron chi connectivity index (χ1n) is 13.2. The number of hydrogen-bond acceptors (Lipinski definition) is 10. The van der Waals surface area contributed by atoms with E-state index in [9.17, 15) is 39.6 Å². The molecule has 0 spiro atoms. The standard InChI is InChI=1S/C27H31FN4O8/c1-2-30-21-13-8-11-7-12-18(15(33)9-14(20(12)28)31-16(34)10-32-5-3-4-6-32)22(35)17(11)24(37)27(13,40)25(38)19(23(21)36)26(29)39/h9,11,13,21,30,33,35,38,40H,2-8,10H2,1H3,(H2,29,39)(H,31,34)/t11-,13-,21-,27-/m0/s1. The van der Waals surface area contributed by atoms with Crippen molar-refractivity contribution < 1.29 is 44.0 Å². The Balaban J connectivity index is 1.57. The Hall–Kier alpha value is -3.81. The Bertz CT molecular complexity index is 1400. The van der Waals surface area contributed by atoms with Crippen LogP contribution in [0.1, 0.15) is 37.3 Å². The maximum atomic E-state index is 15.7. The Labute approximate surface area is 228 Å². The highest BCUT2D eigenvalue weighted by atomic mass is 19.1. The lowest BCUT2D eigenvalue weighted by atomic mass is 9.57. The highest BCUT2D eigenvalue weighted by Crippen LogP contribution is 2.52. The molecule has 1 aromatic rings. The zero-order valence-corrected chi connectivity index (χ0v) is 21.8. The number of halogens is 1. The van der Waals surface area contributed by atoms with Crippen LogP contribution in [0.3, 0.4) is 0 Å². The van der Waals surface area contributed by atoms with E-state index in [1.165, 1.54) is 0 Å². The molecule has 2 fully saturated rings. The fourth-order valence-electron chi connectivity index (χ4n) is 6.60. The third-order valence-corrected chi connectivity index (χ3v) is 8.40. The van der Waals surface area contributed by atoms with E-state index in [1.54, 1.807) is 6.92 Å². The highest BCUT2D eigenvalue weighted by Gasteiger charge is 2.63. The smallest absolute Gasteiger partial charge is 0.255 e. The fourth-order valence-corrected chi connectivity index (χ4v) is 6.60. The van der Waals surface area contributed by atoms with Gasteiger partial charge in [0, 0.05) is 23.1 Å². The number of likely N-dealkylation sites (tertiary alicyclic amines) is 1. The number of anilines is 1. The normalized spacial score (nSPS) is 28.3. The first-order valence-corrected chi connectivity index (χ1v) is 13.2. The van der Waals surface area contributed by atoms with Crippen LogP contribution in [0.2, 0.25) is 0 Å². The summed E-state index contributed by atoms with van der Waals surface area (Å²) in [6, 6.07) is -0.349. The number of Topliss-reactive ketones (excluding diaryl/α,β-unsaturated/α-hetero) is 2. The fraction of sp³-hybridized carbons (Fsp3) is 0.481. The first-order chi connectivity index (χ1) is 18.9. The summed E-state index contributed by atoms with van der Waals surface area (Å²) in [5.74, 6) is -9.62. The summed E-state index contributed by atoms with van der Waals surface area (Å²) in [7, 11) is 0. The molecular weight excluding hydrogens is 527 g/mol. The molecule has 3 aliphatic carbocycles. The van der Waals surface area contributed by atoms with E-state index in [1.807, 2.05) is 4.90 Å². The Kier molecular flexibility index (Phi) is 6.92. The molecule has 1 saturated heterocycles. The van der Waals surface area contributed by atoms with Gasteiger partial charge in [0.15, 0.2) is 17.2 Å². The number of aliphatic hydroxyl groups excluding tert-OH is 2. The van der Waals surface area contributed by atoms with Crippen LogP contribution in [0.15, 0.2) is 23.0 Å². The van der Waals surface area contributed by atoms with Crippen LogP contribution < -0.4 is 16.4 Å². The van der Waals surface area contributed by atoms with Gasteiger partial charge in [0.1, 0.15) is 22.8 Å². The van der Waals surface area contributed by atoms with Gasteiger partial charge in [0.2, 0.25) is 11.7 Å². The van der Waals surface area contributed by atoms with E-state index in [0.717, 1.165) is 32.0 Å². The second-order valence-corrected chi connectivity index (χ2v) is 10.7. The average molecular weight is 559 g/mol. The number of benzene rings is 1. The average Bonchev–Trinajstić information content (AvgIpc) is 3.39. The second-order valence-electron chi connectivity index (χ2n) is 10.7. The number of phenols is 1. The van der Waals surface area contributed by atoms with Crippen LogP contribution in [-0.2, 0) is 25.6 Å². The lowest BCUT2D eigenvalue weighted by molar-refractivity contribution is -0.150. The largest absolute Gasteiger partial charge is 0.508 e. The number of amides is 2. The quantitative estimate of drug-likeness (QED) is 0.236. The molecule has 1 aromatic carbocycles. The molecule has 12 nitrogen and oxygen atoms in total. The van der Waals surface area contributed by atoms with Crippen molar-refractivity contribution in [3.63, 3.8) is 0 Å². The van der Waals surface area contributed by atoms with Gasteiger partial charge in [0.25, 0.3) is 5.91 Å². The van der Waals surface area contributed by atoms with Crippen molar-refractivity contribution in [1.29, 1.82) is 0 Å². The minimum atomic E-state index is -2.78. The monoisotopic (exact) mass is 558 g/mol. The van der Waals surface area contributed by atoms with Gasteiger partial charge < -0.3 is 36.8 Å². The number of nitrogens with one attached hydrogen (secondary N) is 2. The van der Waals surface area contributed by atoms with Crippen LogP contribution in [0.5, 0.6) is 5.75 Å². The van der Waals surface area contributed by atoms with Crippen LogP contribution in [0.25, 0.3) is 5.76 Å². The number of likely N-dealkylation sites (N-methyl/N-ethyl adjacent to an activating group) is 1. The Morgan fingerprint density at radius 1 is 1.20 bits per heavy atom. The van der Waals surface area contributed by atoms with Gasteiger partial charge in [-0.05, 0) is 51.2 Å². The molecule has 0 unspecified atom stereocenters. The molecule has 1 heterocycles. The number of nitrogens with two attached hydrogens (primary N) is 1. The molecule has 4 aliphatic rings. The first kappa shape index (κ1) is 27.7. The number of fused-ring (bicyclic) bond motifs is 3. The van der Waals surface area contributed by atoms with E-state index in [2.05, 4.69) is 10.6 Å². The van der Waals surface area contributed by atoms with Gasteiger partial charge in [0.05, 0.1) is 23.8 Å². The van der Waals surface area contributed by atoms with Crippen molar-refractivity contribution in [2.24, 2.45) is 17.6 Å². The van der Waals surface area contributed by atoms with Crippen molar-refractivity contribution in [2.75, 3.05) is 31.5 Å². The Morgan fingerprint density at radius 3 is 2.50 bits per heavy atom. The van der Waals surface area contributed by atoms with Crippen molar-refractivity contribution in [3.8, 4) is 5.75 Å². The van der Waals surface area contributed by atoms with Crippen LogP contribution in [-0.4, -0.2) is 86.5 Å². The van der Waals surface area contributed by atoms with Crippen molar-refractivity contribution in [3.05, 3.63) is 39.9 Å². The molecule has 0 bridgehead atoms. The number of aromatic hydroxyl groups is 1. The number of rotatable bonds is 6. The summed E-state index contributed by atoms with van der Waals surface area (Å²) >= 11 is 0. The number of primary amides is 1. The predicted molar refractivity (Wildman–Crippen MR) is 138 cm³/mol. The molecule has 8 N–H and O–H groups in total. The lowest BCUT2D eigenvalue weighted by Gasteiger charge is -2.49. The van der Waals surface area contributed by atoms with Gasteiger partial charge >= 0.3 is 0 Å². The molecule has 0 radical (unpaired) electrons. The third kappa shape index (κ3) is 4.07. The summed E-state index contributed by atoms with van der Waals surface area (Å²) in [6.07, 6.45) is 1.53. The van der Waals surface area contributed by atoms with Gasteiger partial charge in [-0.2, -0.15) is 0 Å². The van der Waals surface area contributed by atoms with E-state index in [4.69, 9.17) is 5.73 Å². The van der Waals surface area contributed by atoms with E-state index in [0.29, 0.717) is 0 Å². The number of nitrogens with zero attached hydrogens (tertiary/aromatic N) is 1. The number of phenolic OH excluding ortho intramolecular Hbond substituents is 1. The van der Waals surface area contributed by atoms with Gasteiger partial charge in [-0.25, -0.2) is 4.39 Å². The topological polar surface area (TPSA) is 203 Å². The predicted octanol–water partition coefficient (Wildman–Crippen LogP) is 0.185. The molecule has 214 valence electrons. The van der Waals surface area contributed by atoms with E-state index < -0.39 is 75.5 Å². The summed E-state index contributed by atoms with van der Waals surface area (Å²) in [4.78, 5) is 53.3. The second kappa shape index (κ2) is 9.98. The van der Waals surface area contributed by atoms with Gasteiger partial charge in [-0.15, -0.1) is 0 Å². The van der Waals surface area contributed by atoms with Crippen molar-refractivity contribution >= 4 is 34.8 Å². The lowest BCUT2D eigenvalue weighted by Crippen LogP contribution is -2.66. The molecule has 1 saturated carbocycles. The molecule has 2 amide bonds. The molecule has 0 aromatic heterocycles. The zero-order chi connectivity index (χ0) is 29.1. The molecule has 4 atom stereocenters. The number of hydrogen-bond donors (Lipinski definition) is 7. The Morgan fingerprint density at radius 2 is 1.88 bits per heavy atom. The third-order valence-electron chi connectivity index (χ3n) is 8.40. The van der Waals surface area contributed by atoms with Gasteiger partial charge in [-0.1, -0.05) is 6.92 Å². The van der Waals surface area contributed by atoms with Crippen molar-refractivity contribution in [1.82, 2.24) is 10.2 Å². The minimum Gasteiger partial charge on any atom is -0.508 e.